The SMILES string of the molecule is CC[C@@H](C(=O)N[C@H](C)COC)c1ccccc1. The van der Waals surface area contributed by atoms with Crippen molar-refractivity contribution in [1.29, 1.82) is 0 Å². The molecule has 0 aromatic heterocycles. The number of hydrogen-bond acceptors (Lipinski definition) is 2. The van der Waals surface area contributed by atoms with E-state index in [0.29, 0.717) is 6.61 Å². The zero-order valence-electron chi connectivity index (χ0n) is 10.8. The lowest BCUT2D eigenvalue weighted by molar-refractivity contribution is -0.123. The summed E-state index contributed by atoms with van der Waals surface area (Å²) in [4.78, 5) is 12.1. The number of carbonyl (C=O) groups is 1. The van der Waals surface area contributed by atoms with Crippen molar-refractivity contribution in [3.63, 3.8) is 0 Å². The van der Waals surface area contributed by atoms with E-state index in [0.717, 1.165) is 12.0 Å². The van der Waals surface area contributed by atoms with Crippen molar-refractivity contribution in [2.24, 2.45) is 0 Å². The molecule has 1 aromatic carbocycles. The van der Waals surface area contributed by atoms with E-state index in [2.05, 4.69) is 5.32 Å². The largest absolute Gasteiger partial charge is 0.383 e. The van der Waals surface area contributed by atoms with Crippen molar-refractivity contribution in [3.8, 4) is 0 Å². The van der Waals surface area contributed by atoms with Gasteiger partial charge in [0.1, 0.15) is 0 Å². The van der Waals surface area contributed by atoms with Crippen LogP contribution < -0.4 is 5.32 Å². The van der Waals surface area contributed by atoms with Crippen LogP contribution in [0.4, 0.5) is 0 Å². The molecule has 0 saturated heterocycles. The summed E-state index contributed by atoms with van der Waals surface area (Å²) in [6.45, 7) is 4.51. The van der Waals surface area contributed by atoms with Gasteiger partial charge in [-0.3, -0.25) is 4.79 Å². The molecule has 0 heterocycles. The van der Waals surface area contributed by atoms with Crippen LogP contribution in [0, 0.1) is 0 Å². The highest BCUT2D eigenvalue weighted by atomic mass is 16.5. The van der Waals surface area contributed by atoms with Gasteiger partial charge in [0.05, 0.1) is 12.5 Å². The highest BCUT2D eigenvalue weighted by molar-refractivity contribution is 5.83. The molecule has 1 amide bonds. The third-order valence-corrected chi connectivity index (χ3v) is 2.73. The molecule has 94 valence electrons. The second-order valence-corrected chi connectivity index (χ2v) is 4.24. The number of nitrogens with one attached hydrogen (secondary N) is 1. The quantitative estimate of drug-likeness (QED) is 0.822. The first kappa shape index (κ1) is 13.7. The number of ether oxygens (including phenoxy) is 1. The average Bonchev–Trinajstić information content (AvgIpc) is 2.31. The highest BCUT2D eigenvalue weighted by Crippen LogP contribution is 2.19. The van der Waals surface area contributed by atoms with Crippen LogP contribution in [-0.4, -0.2) is 25.7 Å². The first-order chi connectivity index (χ1) is 8.19. The van der Waals surface area contributed by atoms with Crippen molar-refractivity contribution >= 4 is 5.91 Å². The molecular weight excluding hydrogens is 214 g/mol. The first-order valence-corrected chi connectivity index (χ1v) is 6.03. The van der Waals surface area contributed by atoms with Gasteiger partial charge >= 0.3 is 0 Å². The van der Waals surface area contributed by atoms with E-state index >= 15 is 0 Å². The van der Waals surface area contributed by atoms with Crippen LogP contribution in [0.1, 0.15) is 31.7 Å². The van der Waals surface area contributed by atoms with Gasteiger partial charge in [0, 0.05) is 13.2 Å². The normalized spacial score (nSPS) is 14.1. The number of hydrogen-bond donors (Lipinski definition) is 1. The lowest BCUT2D eigenvalue weighted by Crippen LogP contribution is -2.38. The monoisotopic (exact) mass is 235 g/mol. The summed E-state index contributed by atoms with van der Waals surface area (Å²) in [6.07, 6.45) is 0.801. The smallest absolute Gasteiger partial charge is 0.227 e. The number of benzene rings is 1. The van der Waals surface area contributed by atoms with Crippen molar-refractivity contribution in [2.75, 3.05) is 13.7 Å². The van der Waals surface area contributed by atoms with Crippen LogP contribution in [0.15, 0.2) is 30.3 Å². The number of rotatable bonds is 6. The van der Waals surface area contributed by atoms with Crippen LogP contribution in [0.2, 0.25) is 0 Å². The highest BCUT2D eigenvalue weighted by Gasteiger charge is 2.19. The minimum absolute atomic E-state index is 0.0465. The van der Waals surface area contributed by atoms with Gasteiger partial charge in [-0.2, -0.15) is 0 Å². The van der Waals surface area contributed by atoms with E-state index in [1.54, 1.807) is 7.11 Å². The maximum absolute atomic E-state index is 12.1. The van der Waals surface area contributed by atoms with Gasteiger partial charge < -0.3 is 10.1 Å². The summed E-state index contributed by atoms with van der Waals surface area (Å²) in [6, 6.07) is 9.92. The maximum atomic E-state index is 12.1. The molecule has 1 N–H and O–H groups in total. The Bertz CT molecular complexity index is 337. The fraction of sp³-hybridized carbons (Fsp3) is 0.500. The fourth-order valence-electron chi connectivity index (χ4n) is 1.89. The molecule has 0 unspecified atom stereocenters. The molecule has 3 heteroatoms. The molecule has 0 radical (unpaired) electrons. The standard InChI is InChI=1S/C14H21NO2/c1-4-13(12-8-6-5-7-9-12)14(16)15-11(2)10-17-3/h5-9,11,13H,4,10H2,1-3H3,(H,15,16)/t11-,13-/m1/s1. The van der Waals surface area contributed by atoms with Gasteiger partial charge in [-0.25, -0.2) is 0 Å². The Kier molecular flexibility index (Phi) is 5.70. The predicted octanol–water partition coefficient (Wildman–Crippen LogP) is 2.33. The molecule has 0 spiro atoms. The summed E-state index contributed by atoms with van der Waals surface area (Å²) in [5, 5.41) is 2.97. The zero-order chi connectivity index (χ0) is 12.7. The molecule has 1 rings (SSSR count). The molecular formula is C14H21NO2. The Labute approximate surface area is 103 Å². The van der Waals surface area contributed by atoms with Gasteiger partial charge in [-0.1, -0.05) is 37.3 Å². The van der Waals surface area contributed by atoms with Crippen LogP contribution >= 0.6 is 0 Å². The van der Waals surface area contributed by atoms with Gasteiger partial charge in [0.25, 0.3) is 0 Å². The van der Waals surface area contributed by atoms with E-state index in [1.165, 1.54) is 0 Å². The fourth-order valence-corrected chi connectivity index (χ4v) is 1.89. The van der Waals surface area contributed by atoms with Crippen LogP contribution in [-0.2, 0) is 9.53 Å². The molecule has 0 aliphatic rings. The second kappa shape index (κ2) is 7.07. The van der Waals surface area contributed by atoms with Crippen LogP contribution in [0.25, 0.3) is 0 Å². The summed E-state index contributed by atoms with van der Waals surface area (Å²) in [5.74, 6) is -0.00115. The number of methoxy groups -OCH3 is 1. The van der Waals surface area contributed by atoms with Gasteiger partial charge in [0.2, 0.25) is 5.91 Å². The van der Waals surface area contributed by atoms with Gasteiger partial charge in [-0.05, 0) is 18.9 Å². The Hall–Kier alpha value is -1.35. The predicted molar refractivity (Wildman–Crippen MR) is 69.0 cm³/mol. The minimum atomic E-state index is -0.0736. The molecule has 0 fully saturated rings. The molecule has 2 atom stereocenters. The number of amides is 1. The van der Waals surface area contributed by atoms with E-state index in [-0.39, 0.29) is 17.9 Å². The van der Waals surface area contributed by atoms with Crippen molar-refractivity contribution in [2.45, 2.75) is 32.2 Å². The van der Waals surface area contributed by atoms with E-state index < -0.39 is 0 Å². The third-order valence-electron chi connectivity index (χ3n) is 2.73. The maximum Gasteiger partial charge on any atom is 0.227 e. The van der Waals surface area contributed by atoms with Crippen molar-refractivity contribution in [1.82, 2.24) is 5.32 Å². The zero-order valence-corrected chi connectivity index (χ0v) is 10.8. The molecule has 0 bridgehead atoms. The second-order valence-electron chi connectivity index (χ2n) is 4.24. The molecule has 3 nitrogen and oxygen atoms in total. The minimum Gasteiger partial charge on any atom is -0.383 e. The third kappa shape index (κ3) is 4.19. The van der Waals surface area contributed by atoms with Gasteiger partial charge in [0.15, 0.2) is 0 Å². The lowest BCUT2D eigenvalue weighted by atomic mass is 9.95. The van der Waals surface area contributed by atoms with E-state index in [9.17, 15) is 4.79 Å². The summed E-state index contributed by atoms with van der Waals surface area (Å²) >= 11 is 0. The summed E-state index contributed by atoms with van der Waals surface area (Å²) in [5.41, 5.74) is 1.07. The Morgan fingerprint density at radius 3 is 2.53 bits per heavy atom. The molecule has 1 aromatic rings. The Morgan fingerprint density at radius 1 is 1.35 bits per heavy atom. The number of carbonyl (C=O) groups excluding carboxylic acids is 1. The first-order valence-electron chi connectivity index (χ1n) is 6.03. The Morgan fingerprint density at radius 2 is 2.00 bits per heavy atom. The Balaban J connectivity index is 2.65. The van der Waals surface area contributed by atoms with Gasteiger partial charge in [-0.15, -0.1) is 0 Å². The van der Waals surface area contributed by atoms with Crippen LogP contribution in [0.5, 0.6) is 0 Å². The molecule has 0 saturated carbocycles. The van der Waals surface area contributed by atoms with E-state index in [1.807, 2.05) is 44.2 Å². The summed E-state index contributed by atoms with van der Waals surface area (Å²) in [7, 11) is 1.64. The molecule has 0 aliphatic carbocycles. The van der Waals surface area contributed by atoms with Crippen molar-refractivity contribution in [3.05, 3.63) is 35.9 Å². The average molecular weight is 235 g/mol. The molecule has 0 aliphatic heterocycles. The van der Waals surface area contributed by atoms with Crippen molar-refractivity contribution < 1.29 is 9.53 Å². The van der Waals surface area contributed by atoms with Crippen LogP contribution in [0.3, 0.4) is 0 Å². The van der Waals surface area contributed by atoms with E-state index in [4.69, 9.17) is 4.74 Å². The molecule has 17 heavy (non-hydrogen) atoms. The lowest BCUT2D eigenvalue weighted by Gasteiger charge is -2.19. The topological polar surface area (TPSA) is 38.3 Å². The summed E-state index contributed by atoms with van der Waals surface area (Å²) < 4.78 is 5.01.